The second-order valence-corrected chi connectivity index (χ2v) is 6.20. The number of aliphatic hydroxyl groups is 2. The Morgan fingerprint density at radius 3 is 2.57 bits per heavy atom. The fourth-order valence-electron chi connectivity index (χ4n) is 1.61. The van der Waals surface area contributed by atoms with Gasteiger partial charge in [-0.3, -0.25) is 0 Å². The number of benzene rings is 1. The van der Waals surface area contributed by atoms with E-state index in [0.717, 1.165) is 4.31 Å². The molecule has 0 saturated heterocycles. The summed E-state index contributed by atoms with van der Waals surface area (Å²) in [6.07, 6.45) is 0.318. The van der Waals surface area contributed by atoms with Crippen molar-refractivity contribution in [3.8, 4) is 17.6 Å². The first kappa shape index (κ1) is 17.5. The van der Waals surface area contributed by atoms with Crippen molar-refractivity contribution in [2.75, 3.05) is 33.9 Å². The van der Waals surface area contributed by atoms with E-state index in [9.17, 15) is 8.42 Å². The van der Waals surface area contributed by atoms with Crippen LogP contribution in [-0.2, 0) is 10.0 Å². The molecule has 0 aliphatic heterocycles. The second-order valence-electron chi connectivity index (χ2n) is 4.19. The number of hydrogen-bond acceptors (Lipinski definition) is 5. The van der Waals surface area contributed by atoms with Crippen molar-refractivity contribution < 1.29 is 23.4 Å². The summed E-state index contributed by atoms with van der Waals surface area (Å²) in [5.74, 6) is 5.73. The van der Waals surface area contributed by atoms with Gasteiger partial charge in [0.25, 0.3) is 0 Å². The molecule has 0 amide bonds. The van der Waals surface area contributed by atoms with Crippen molar-refractivity contribution in [2.24, 2.45) is 0 Å². The predicted octanol–water partition coefficient (Wildman–Crippen LogP) is 0.0419. The van der Waals surface area contributed by atoms with Crippen molar-refractivity contribution in [3.05, 3.63) is 23.8 Å². The summed E-state index contributed by atoms with van der Waals surface area (Å²) in [6.45, 7) is -0.326. The van der Waals surface area contributed by atoms with E-state index in [0.29, 0.717) is 12.0 Å². The molecular weight excluding hydrogens is 294 g/mol. The van der Waals surface area contributed by atoms with E-state index in [1.807, 2.05) is 0 Å². The number of likely N-dealkylation sites (N-methyl/N-ethyl adjacent to an activating group) is 1. The zero-order valence-corrected chi connectivity index (χ0v) is 12.9. The van der Waals surface area contributed by atoms with Crippen LogP contribution in [0.25, 0.3) is 0 Å². The van der Waals surface area contributed by atoms with Crippen molar-refractivity contribution in [3.63, 3.8) is 0 Å². The molecule has 0 aliphatic carbocycles. The van der Waals surface area contributed by atoms with Crippen LogP contribution in [0.2, 0.25) is 0 Å². The Balaban J connectivity index is 3.26. The Labute approximate surface area is 125 Å². The summed E-state index contributed by atoms with van der Waals surface area (Å²) in [4.78, 5) is -0.00301. The normalized spacial score (nSPS) is 11.1. The summed E-state index contributed by atoms with van der Waals surface area (Å²) in [6, 6.07) is 4.60. The lowest BCUT2D eigenvalue weighted by Crippen LogP contribution is -2.30. The third-order valence-electron chi connectivity index (χ3n) is 2.74. The monoisotopic (exact) mass is 313 g/mol. The maximum absolute atomic E-state index is 12.4. The molecule has 0 atom stereocenters. The molecule has 1 aromatic carbocycles. The molecule has 0 heterocycles. The van der Waals surface area contributed by atoms with Gasteiger partial charge in [0.1, 0.15) is 10.6 Å². The molecule has 0 fully saturated rings. The van der Waals surface area contributed by atoms with Gasteiger partial charge < -0.3 is 14.9 Å². The van der Waals surface area contributed by atoms with Crippen molar-refractivity contribution >= 4 is 10.0 Å². The third-order valence-corrected chi connectivity index (χ3v) is 4.61. The first-order valence-electron chi connectivity index (χ1n) is 6.32. The van der Waals surface area contributed by atoms with Crippen LogP contribution in [-0.4, -0.2) is 56.9 Å². The van der Waals surface area contributed by atoms with Gasteiger partial charge in [0.05, 0.1) is 20.3 Å². The number of aliphatic hydroxyl groups excluding tert-OH is 2. The molecule has 0 aromatic heterocycles. The van der Waals surface area contributed by atoms with Crippen LogP contribution in [0.5, 0.6) is 5.75 Å². The first-order chi connectivity index (χ1) is 9.97. The van der Waals surface area contributed by atoms with Gasteiger partial charge in [-0.1, -0.05) is 11.8 Å². The molecule has 0 bridgehead atoms. The summed E-state index contributed by atoms with van der Waals surface area (Å²) in [7, 11) is -0.995. The fourth-order valence-corrected chi connectivity index (χ4v) is 2.94. The number of methoxy groups -OCH3 is 1. The van der Waals surface area contributed by atoms with E-state index < -0.39 is 10.0 Å². The Bertz CT molecular complexity index is 630. The van der Waals surface area contributed by atoms with Crippen LogP contribution in [0, 0.1) is 11.8 Å². The minimum Gasteiger partial charge on any atom is -0.495 e. The van der Waals surface area contributed by atoms with Crippen LogP contribution < -0.4 is 4.74 Å². The number of sulfonamides is 1. The van der Waals surface area contributed by atoms with E-state index in [4.69, 9.17) is 14.9 Å². The zero-order chi connectivity index (χ0) is 15.9. The first-order valence-corrected chi connectivity index (χ1v) is 7.76. The maximum atomic E-state index is 12.4. The molecule has 1 aromatic rings. The summed E-state index contributed by atoms with van der Waals surface area (Å²) < 4.78 is 31.0. The highest BCUT2D eigenvalue weighted by molar-refractivity contribution is 7.89. The molecule has 1 rings (SSSR count). The van der Waals surface area contributed by atoms with Gasteiger partial charge >= 0.3 is 0 Å². The predicted molar refractivity (Wildman–Crippen MR) is 78.5 cm³/mol. The Morgan fingerprint density at radius 1 is 1.29 bits per heavy atom. The second kappa shape index (κ2) is 8.00. The molecule has 0 saturated carbocycles. The quantitative estimate of drug-likeness (QED) is 0.724. The van der Waals surface area contributed by atoms with Gasteiger partial charge in [0.15, 0.2) is 0 Å². The largest absolute Gasteiger partial charge is 0.495 e. The van der Waals surface area contributed by atoms with Crippen LogP contribution in [0.15, 0.2) is 23.1 Å². The number of nitrogens with zero attached hydrogens (tertiary/aromatic N) is 1. The molecule has 21 heavy (non-hydrogen) atoms. The van der Waals surface area contributed by atoms with Gasteiger partial charge in [-0.2, -0.15) is 4.31 Å². The van der Waals surface area contributed by atoms with Crippen molar-refractivity contribution in [1.82, 2.24) is 4.31 Å². The average Bonchev–Trinajstić information content (AvgIpc) is 2.47. The topological polar surface area (TPSA) is 87.1 Å². The molecule has 116 valence electrons. The van der Waals surface area contributed by atoms with Crippen LogP contribution in [0.1, 0.15) is 12.0 Å². The van der Waals surface area contributed by atoms with E-state index in [-0.39, 0.29) is 30.4 Å². The molecule has 7 heteroatoms. The zero-order valence-electron chi connectivity index (χ0n) is 12.0. The van der Waals surface area contributed by atoms with Gasteiger partial charge in [-0.15, -0.1) is 0 Å². The maximum Gasteiger partial charge on any atom is 0.246 e. The summed E-state index contributed by atoms with van der Waals surface area (Å²) in [5.41, 5.74) is 0.514. The van der Waals surface area contributed by atoms with Gasteiger partial charge in [-0.05, 0) is 18.2 Å². The van der Waals surface area contributed by atoms with E-state index in [2.05, 4.69) is 11.8 Å². The molecule has 0 unspecified atom stereocenters. The minimum atomic E-state index is -3.77. The van der Waals surface area contributed by atoms with Gasteiger partial charge in [-0.25, -0.2) is 8.42 Å². The number of rotatable bonds is 6. The summed E-state index contributed by atoms with van der Waals surface area (Å²) in [5, 5.41) is 17.6. The lowest BCUT2D eigenvalue weighted by molar-refractivity contribution is 0.266. The van der Waals surface area contributed by atoms with E-state index >= 15 is 0 Å². The summed E-state index contributed by atoms with van der Waals surface area (Å²) >= 11 is 0. The molecular formula is C14H19NO5S. The third kappa shape index (κ3) is 4.44. The van der Waals surface area contributed by atoms with Crippen LogP contribution in [0.4, 0.5) is 0 Å². The number of hydrogen-bond donors (Lipinski definition) is 2. The van der Waals surface area contributed by atoms with Crippen molar-refractivity contribution in [2.45, 2.75) is 11.3 Å². The van der Waals surface area contributed by atoms with Crippen LogP contribution >= 0.6 is 0 Å². The Kier molecular flexibility index (Phi) is 6.65. The fraction of sp³-hybridized carbons (Fsp3) is 0.429. The molecule has 0 radical (unpaired) electrons. The number of ether oxygens (including phenoxy) is 1. The SMILES string of the molecule is COc1ccc(C#CCCO)cc1S(=O)(=O)N(C)CCO. The van der Waals surface area contributed by atoms with Gasteiger partial charge in [0.2, 0.25) is 10.0 Å². The lowest BCUT2D eigenvalue weighted by atomic mass is 10.2. The minimum absolute atomic E-state index is 0.00301. The molecule has 6 nitrogen and oxygen atoms in total. The molecule has 2 N–H and O–H groups in total. The van der Waals surface area contributed by atoms with E-state index in [1.165, 1.54) is 26.3 Å². The molecule has 0 spiro atoms. The highest BCUT2D eigenvalue weighted by Crippen LogP contribution is 2.27. The van der Waals surface area contributed by atoms with Gasteiger partial charge in [0, 0.05) is 25.6 Å². The highest BCUT2D eigenvalue weighted by atomic mass is 32.2. The smallest absolute Gasteiger partial charge is 0.246 e. The Hall–Kier alpha value is -1.59. The standard InChI is InChI=1S/C14H19NO5S/c1-15(8-10-17)21(18,19)14-11-12(5-3-4-9-16)6-7-13(14)20-2/h6-7,11,16-17H,4,8-10H2,1-2H3. The average molecular weight is 313 g/mol. The van der Waals surface area contributed by atoms with Crippen molar-refractivity contribution in [1.29, 1.82) is 0 Å². The lowest BCUT2D eigenvalue weighted by Gasteiger charge is -2.18. The molecule has 0 aliphatic rings. The van der Waals surface area contributed by atoms with Crippen LogP contribution in [0.3, 0.4) is 0 Å². The Morgan fingerprint density at radius 2 is 2.00 bits per heavy atom. The van der Waals surface area contributed by atoms with E-state index in [1.54, 1.807) is 6.07 Å². The highest BCUT2D eigenvalue weighted by Gasteiger charge is 2.24.